The molecule has 0 aliphatic carbocycles. The van der Waals surface area contributed by atoms with Crippen LogP contribution in [0.15, 0.2) is 42.5 Å². The number of rotatable bonds is 6. The molecule has 1 fully saturated rings. The van der Waals surface area contributed by atoms with E-state index in [-0.39, 0.29) is 10.8 Å². The van der Waals surface area contributed by atoms with E-state index in [0.717, 1.165) is 55.5 Å². The second kappa shape index (κ2) is 10.2. The Kier molecular flexibility index (Phi) is 7.65. The summed E-state index contributed by atoms with van der Waals surface area (Å²) in [5, 5.41) is 4.30. The van der Waals surface area contributed by atoms with Crippen LogP contribution in [0.25, 0.3) is 0 Å². The molecule has 0 unspecified atom stereocenters. The molecule has 0 radical (unpaired) electrons. The van der Waals surface area contributed by atoms with Crippen molar-refractivity contribution in [2.24, 2.45) is 0 Å². The highest BCUT2D eigenvalue weighted by molar-refractivity contribution is 7.80. The van der Waals surface area contributed by atoms with Crippen molar-refractivity contribution in [1.29, 1.82) is 0 Å². The number of halogens is 2. The molecule has 1 aliphatic heterocycles. The molecule has 1 N–H and O–H groups in total. The lowest BCUT2D eigenvalue weighted by atomic mass is 10.1. The van der Waals surface area contributed by atoms with E-state index in [2.05, 4.69) is 46.3 Å². The minimum Gasteiger partial charge on any atom is -0.346 e. The Morgan fingerprint density at radius 1 is 1.07 bits per heavy atom. The highest BCUT2D eigenvalue weighted by atomic mass is 35.5. The molecule has 0 amide bonds. The largest absolute Gasteiger partial charge is 0.346 e. The summed E-state index contributed by atoms with van der Waals surface area (Å²) in [4.78, 5) is 4.54. The maximum Gasteiger partial charge on any atom is 0.173 e. The summed E-state index contributed by atoms with van der Waals surface area (Å²) in [5.74, 6) is -0.370. The molecule has 0 bridgehead atoms. The fraction of sp³-hybridized carbons (Fsp3) is 0.409. The van der Waals surface area contributed by atoms with Gasteiger partial charge in [-0.1, -0.05) is 43.1 Å². The average molecular weight is 420 g/mol. The zero-order valence-corrected chi connectivity index (χ0v) is 17.8. The number of unbranched alkanes of at least 4 members (excludes halogenated alkanes) is 1. The monoisotopic (exact) mass is 419 g/mol. The molecular formula is C22H27ClFN3S. The van der Waals surface area contributed by atoms with Crippen molar-refractivity contribution in [3.05, 3.63) is 64.4 Å². The van der Waals surface area contributed by atoms with Gasteiger partial charge in [-0.05, 0) is 60.5 Å². The zero-order chi connectivity index (χ0) is 19.9. The first-order valence-corrected chi connectivity index (χ1v) is 10.6. The molecule has 0 spiro atoms. The Bertz CT molecular complexity index is 789. The van der Waals surface area contributed by atoms with Gasteiger partial charge in [-0.25, -0.2) is 4.39 Å². The van der Waals surface area contributed by atoms with Crippen LogP contribution >= 0.6 is 23.8 Å². The molecule has 1 aliphatic rings. The Balaban J connectivity index is 1.46. The first kappa shape index (κ1) is 21.0. The van der Waals surface area contributed by atoms with Crippen molar-refractivity contribution in [3.63, 3.8) is 0 Å². The molecule has 1 heterocycles. The summed E-state index contributed by atoms with van der Waals surface area (Å²) in [5.41, 5.74) is 3.44. The summed E-state index contributed by atoms with van der Waals surface area (Å²) in [7, 11) is 0. The van der Waals surface area contributed by atoms with E-state index in [4.69, 9.17) is 23.8 Å². The third-order valence-corrected chi connectivity index (χ3v) is 5.72. The maximum atomic E-state index is 13.3. The van der Waals surface area contributed by atoms with Gasteiger partial charge in [0.05, 0.1) is 5.02 Å². The van der Waals surface area contributed by atoms with Crippen LogP contribution in [0, 0.1) is 5.82 Å². The quantitative estimate of drug-likeness (QED) is 0.637. The second-order valence-corrected chi connectivity index (χ2v) is 8.04. The average Bonchev–Trinajstić information content (AvgIpc) is 2.71. The van der Waals surface area contributed by atoms with Crippen LogP contribution in [-0.2, 0) is 13.0 Å². The first-order chi connectivity index (χ1) is 13.5. The van der Waals surface area contributed by atoms with Crippen molar-refractivity contribution < 1.29 is 4.39 Å². The van der Waals surface area contributed by atoms with Gasteiger partial charge in [-0.15, -0.1) is 0 Å². The number of piperazine rings is 1. The lowest BCUT2D eigenvalue weighted by Crippen LogP contribution is -2.49. The minimum absolute atomic E-state index is 0.183. The Hall–Kier alpha value is -1.69. The maximum absolute atomic E-state index is 13.3. The molecular weight excluding hydrogens is 393 g/mol. The molecule has 1 saturated heterocycles. The summed E-state index contributed by atoms with van der Waals surface area (Å²) in [6, 6.07) is 13.5. The lowest BCUT2D eigenvalue weighted by Gasteiger charge is -2.36. The van der Waals surface area contributed by atoms with E-state index in [0.29, 0.717) is 0 Å². The third kappa shape index (κ3) is 5.90. The van der Waals surface area contributed by atoms with Crippen LogP contribution in [0.4, 0.5) is 10.1 Å². The number of anilines is 1. The fourth-order valence-corrected chi connectivity index (χ4v) is 3.85. The Labute approximate surface area is 177 Å². The number of benzene rings is 2. The van der Waals surface area contributed by atoms with Crippen LogP contribution in [0.1, 0.15) is 30.9 Å². The number of hydrogen-bond acceptors (Lipinski definition) is 2. The smallest absolute Gasteiger partial charge is 0.173 e. The molecule has 2 aromatic carbocycles. The molecule has 28 heavy (non-hydrogen) atoms. The Morgan fingerprint density at radius 2 is 1.75 bits per heavy atom. The van der Waals surface area contributed by atoms with Gasteiger partial charge in [-0.2, -0.15) is 0 Å². The number of hydrogen-bond donors (Lipinski definition) is 1. The van der Waals surface area contributed by atoms with Crippen LogP contribution in [0.3, 0.4) is 0 Å². The van der Waals surface area contributed by atoms with Crippen molar-refractivity contribution in [1.82, 2.24) is 9.80 Å². The molecule has 3 nitrogen and oxygen atoms in total. The highest BCUT2D eigenvalue weighted by Crippen LogP contribution is 2.18. The van der Waals surface area contributed by atoms with Crippen molar-refractivity contribution in [3.8, 4) is 0 Å². The van der Waals surface area contributed by atoms with Gasteiger partial charge in [0.25, 0.3) is 0 Å². The summed E-state index contributed by atoms with van der Waals surface area (Å²) in [6.07, 6.45) is 3.56. The lowest BCUT2D eigenvalue weighted by molar-refractivity contribution is 0.177. The zero-order valence-electron chi connectivity index (χ0n) is 16.3. The van der Waals surface area contributed by atoms with Crippen molar-refractivity contribution >= 4 is 34.6 Å². The highest BCUT2D eigenvalue weighted by Gasteiger charge is 2.19. The number of nitrogens with zero attached hydrogens (tertiary/aromatic N) is 2. The SMILES string of the molecule is CCCCc1ccc(NC(=S)N2CCN(Cc3ccc(F)c(Cl)c3)CC2)cc1. The molecule has 3 rings (SSSR count). The minimum atomic E-state index is -0.370. The van der Waals surface area contributed by atoms with Gasteiger partial charge in [0.1, 0.15) is 5.82 Å². The molecule has 150 valence electrons. The molecule has 0 saturated carbocycles. The van der Waals surface area contributed by atoms with Crippen molar-refractivity contribution in [2.75, 3.05) is 31.5 Å². The summed E-state index contributed by atoms with van der Waals surface area (Å²) < 4.78 is 13.3. The number of thiocarbonyl (C=S) groups is 1. The molecule has 2 aromatic rings. The predicted octanol–water partition coefficient (Wildman–Crippen LogP) is 5.34. The molecule has 6 heteroatoms. The van der Waals surface area contributed by atoms with E-state index >= 15 is 0 Å². The van der Waals surface area contributed by atoms with Gasteiger partial charge in [0, 0.05) is 38.4 Å². The van der Waals surface area contributed by atoms with Gasteiger partial charge >= 0.3 is 0 Å². The van der Waals surface area contributed by atoms with E-state index in [9.17, 15) is 4.39 Å². The number of aryl methyl sites for hydroxylation is 1. The van der Waals surface area contributed by atoms with Gasteiger partial charge in [0.15, 0.2) is 5.11 Å². The van der Waals surface area contributed by atoms with E-state index in [1.165, 1.54) is 24.5 Å². The third-order valence-electron chi connectivity index (χ3n) is 5.07. The van der Waals surface area contributed by atoms with Crippen LogP contribution in [0.5, 0.6) is 0 Å². The summed E-state index contributed by atoms with van der Waals surface area (Å²) in [6.45, 7) is 6.54. The first-order valence-electron chi connectivity index (χ1n) is 9.86. The van der Waals surface area contributed by atoms with E-state index in [1.54, 1.807) is 12.1 Å². The van der Waals surface area contributed by atoms with E-state index in [1.807, 2.05) is 0 Å². The second-order valence-electron chi connectivity index (χ2n) is 7.24. The van der Waals surface area contributed by atoms with Crippen molar-refractivity contribution in [2.45, 2.75) is 32.7 Å². The predicted molar refractivity (Wildman–Crippen MR) is 120 cm³/mol. The Morgan fingerprint density at radius 3 is 2.39 bits per heavy atom. The molecule has 0 aromatic heterocycles. The van der Waals surface area contributed by atoms with Crippen LogP contribution in [-0.4, -0.2) is 41.1 Å². The summed E-state index contributed by atoms with van der Waals surface area (Å²) >= 11 is 11.5. The normalized spacial score (nSPS) is 14.9. The van der Waals surface area contributed by atoms with Gasteiger partial charge in [-0.3, -0.25) is 4.90 Å². The van der Waals surface area contributed by atoms with Gasteiger partial charge < -0.3 is 10.2 Å². The molecule has 0 atom stereocenters. The standard InChI is InChI=1S/C22H27ClFN3S/c1-2-3-4-17-5-8-19(9-6-17)25-22(28)27-13-11-26(12-14-27)16-18-7-10-21(24)20(23)15-18/h5-10,15H,2-4,11-14,16H2,1H3,(H,25,28). The number of nitrogens with one attached hydrogen (secondary N) is 1. The van der Waals surface area contributed by atoms with E-state index < -0.39 is 0 Å². The van der Waals surface area contributed by atoms with Crippen LogP contribution in [0.2, 0.25) is 5.02 Å². The van der Waals surface area contributed by atoms with Crippen LogP contribution < -0.4 is 5.32 Å². The van der Waals surface area contributed by atoms with Gasteiger partial charge in [0.2, 0.25) is 0 Å². The fourth-order valence-electron chi connectivity index (χ4n) is 3.34. The topological polar surface area (TPSA) is 18.5 Å².